The van der Waals surface area contributed by atoms with Crippen LogP contribution in [0.15, 0.2) is 34.9 Å². The Morgan fingerprint density at radius 1 is 1.47 bits per heavy atom. The number of benzene rings is 1. The summed E-state index contributed by atoms with van der Waals surface area (Å²) in [5.41, 5.74) is 2.70. The zero-order chi connectivity index (χ0) is 14.0. The van der Waals surface area contributed by atoms with Crippen molar-refractivity contribution in [1.82, 2.24) is 14.7 Å². The van der Waals surface area contributed by atoms with E-state index in [4.69, 9.17) is 0 Å². The molecule has 0 N–H and O–H groups in total. The van der Waals surface area contributed by atoms with Crippen molar-refractivity contribution >= 4 is 21.8 Å². The lowest BCUT2D eigenvalue weighted by Gasteiger charge is -2.17. The average Bonchev–Trinajstić information content (AvgIpc) is 2.66. The summed E-state index contributed by atoms with van der Waals surface area (Å²) in [5, 5.41) is 4.28. The third kappa shape index (κ3) is 3.23. The zero-order valence-electron chi connectivity index (χ0n) is 11.2. The van der Waals surface area contributed by atoms with Crippen LogP contribution in [0.1, 0.15) is 21.6 Å². The summed E-state index contributed by atoms with van der Waals surface area (Å²) >= 11 is 3.38. The van der Waals surface area contributed by atoms with Gasteiger partial charge in [-0.2, -0.15) is 5.10 Å². The largest absolute Gasteiger partial charge is 0.337 e. The predicted molar refractivity (Wildman–Crippen MR) is 77.9 cm³/mol. The number of halogens is 1. The van der Waals surface area contributed by atoms with Gasteiger partial charge in [-0.25, -0.2) is 0 Å². The standard InChI is InChI=1S/C14H16BrN3O/c1-10-12(9-18(3)16-10)8-17(2)14(19)11-5-4-6-13(15)7-11/h4-7,9H,8H2,1-3H3. The van der Waals surface area contributed by atoms with Crippen LogP contribution in [0.25, 0.3) is 0 Å². The lowest BCUT2D eigenvalue weighted by molar-refractivity contribution is 0.0785. The van der Waals surface area contributed by atoms with Gasteiger partial charge in [0.05, 0.1) is 5.69 Å². The van der Waals surface area contributed by atoms with E-state index in [2.05, 4.69) is 21.0 Å². The minimum absolute atomic E-state index is 0.00422. The molecule has 1 aromatic heterocycles. The Balaban J connectivity index is 2.14. The van der Waals surface area contributed by atoms with Crippen molar-refractivity contribution in [2.75, 3.05) is 7.05 Å². The van der Waals surface area contributed by atoms with Crippen molar-refractivity contribution in [3.05, 3.63) is 51.8 Å². The highest BCUT2D eigenvalue weighted by atomic mass is 79.9. The van der Waals surface area contributed by atoms with E-state index in [9.17, 15) is 4.79 Å². The maximum atomic E-state index is 12.3. The first-order valence-electron chi connectivity index (χ1n) is 5.97. The van der Waals surface area contributed by atoms with Crippen LogP contribution in [-0.2, 0) is 13.6 Å². The molecule has 0 bridgehead atoms. The zero-order valence-corrected chi connectivity index (χ0v) is 12.8. The SMILES string of the molecule is Cc1nn(C)cc1CN(C)C(=O)c1cccc(Br)c1. The summed E-state index contributed by atoms with van der Waals surface area (Å²) in [5.74, 6) is 0.00422. The lowest BCUT2D eigenvalue weighted by atomic mass is 10.2. The Labute approximate surface area is 121 Å². The van der Waals surface area contributed by atoms with Crippen LogP contribution in [-0.4, -0.2) is 27.6 Å². The van der Waals surface area contributed by atoms with Gasteiger partial charge >= 0.3 is 0 Å². The molecule has 0 aliphatic carbocycles. The molecule has 1 aromatic carbocycles. The summed E-state index contributed by atoms with van der Waals surface area (Å²) in [6, 6.07) is 7.41. The molecule has 0 aliphatic heterocycles. The van der Waals surface area contributed by atoms with Gasteiger partial charge in [-0.05, 0) is 25.1 Å². The van der Waals surface area contributed by atoms with E-state index in [0.717, 1.165) is 15.7 Å². The van der Waals surface area contributed by atoms with Gasteiger partial charge in [-0.3, -0.25) is 9.48 Å². The van der Waals surface area contributed by atoms with Gasteiger partial charge in [-0.15, -0.1) is 0 Å². The lowest BCUT2D eigenvalue weighted by Crippen LogP contribution is -2.26. The Morgan fingerprint density at radius 3 is 2.79 bits per heavy atom. The maximum Gasteiger partial charge on any atom is 0.253 e. The van der Waals surface area contributed by atoms with Crippen molar-refractivity contribution in [2.24, 2.45) is 7.05 Å². The van der Waals surface area contributed by atoms with Crippen molar-refractivity contribution < 1.29 is 4.79 Å². The van der Waals surface area contributed by atoms with Crippen LogP contribution in [0.4, 0.5) is 0 Å². The number of carbonyl (C=O) groups is 1. The molecule has 2 rings (SSSR count). The van der Waals surface area contributed by atoms with Crippen molar-refractivity contribution in [2.45, 2.75) is 13.5 Å². The van der Waals surface area contributed by atoms with Crippen molar-refractivity contribution in [3.63, 3.8) is 0 Å². The topological polar surface area (TPSA) is 38.1 Å². The molecular formula is C14H16BrN3O. The fourth-order valence-corrected chi connectivity index (χ4v) is 2.37. The quantitative estimate of drug-likeness (QED) is 0.871. The fourth-order valence-electron chi connectivity index (χ4n) is 1.97. The second kappa shape index (κ2) is 5.57. The Morgan fingerprint density at radius 2 is 2.21 bits per heavy atom. The first-order valence-corrected chi connectivity index (χ1v) is 6.77. The van der Waals surface area contributed by atoms with Gasteiger partial charge in [0.25, 0.3) is 5.91 Å². The van der Waals surface area contributed by atoms with Gasteiger partial charge in [-0.1, -0.05) is 22.0 Å². The van der Waals surface area contributed by atoms with Crippen LogP contribution >= 0.6 is 15.9 Å². The first kappa shape index (κ1) is 13.8. The highest BCUT2D eigenvalue weighted by Gasteiger charge is 2.14. The van der Waals surface area contributed by atoms with E-state index >= 15 is 0 Å². The normalized spacial score (nSPS) is 10.5. The van der Waals surface area contributed by atoms with Crippen LogP contribution < -0.4 is 0 Å². The molecule has 0 unspecified atom stereocenters. The van der Waals surface area contributed by atoms with Gasteiger partial charge in [0.2, 0.25) is 0 Å². The van der Waals surface area contributed by atoms with Gasteiger partial charge in [0.15, 0.2) is 0 Å². The molecule has 0 fully saturated rings. The summed E-state index contributed by atoms with van der Waals surface area (Å²) in [6.07, 6.45) is 1.94. The number of aryl methyl sites for hydroxylation is 2. The molecule has 0 spiro atoms. The molecule has 0 saturated carbocycles. The summed E-state index contributed by atoms with van der Waals surface area (Å²) in [6.45, 7) is 2.51. The summed E-state index contributed by atoms with van der Waals surface area (Å²) in [4.78, 5) is 14.0. The van der Waals surface area contributed by atoms with Crippen LogP contribution in [0.2, 0.25) is 0 Å². The predicted octanol–water partition coefficient (Wildman–Crippen LogP) is 2.76. The van der Waals surface area contributed by atoms with Crippen molar-refractivity contribution in [3.8, 4) is 0 Å². The van der Waals surface area contributed by atoms with E-state index in [1.807, 2.05) is 44.4 Å². The monoisotopic (exact) mass is 321 g/mol. The Bertz CT molecular complexity index is 606. The number of amides is 1. The van der Waals surface area contributed by atoms with E-state index in [1.165, 1.54) is 0 Å². The molecular weight excluding hydrogens is 306 g/mol. The molecule has 1 amide bonds. The molecule has 100 valence electrons. The minimum atomic E-state index is 0.00422. The van der Waals surface area contributed by atoms with E-state index < -0.39 is 0 Å². The molecule has 0 saturated heterocycles. The fraction of sp³-hybridized carbons (Fsp3) is 0.286. The highest BCUT2D eigenvalue weighted by molar-refractivity contribution is 9.10. The molecule has 4 nitrogen and oxygen atoms in total. The van der Waals surface area contributed by atoms with E-state index in [0.29, 0.717) is 12.1 Å². The smallest absolute Gasteiger partial charge is 0.253 e. The third-order valence-electron chi connectivity index (χ3n) is 2.94. The molecule has 0 radical (unpaired) electrons. The van der Waals surface area contributed by atoms with Crippen LogP contribution in [0.5, 0.6) is 0 Å². The molecule has 0 aliphatic rings. The first-order chi connectivity index (χ1) is 8.97. The number of aromatic nitrogens is 2. The van der Waals surface area contributed by atoms with Gasteiger partial charge in [0.1, 0.15) is 0 Å². The van der Waals surface area contributed by atoms with Crippen LogP contribution in [0, 0.1) is 6.92 Å². The van der Waals surface area contributed by atoms with E-state index in [-0.39, 0.29) is 5.91 Å². The summed E-state index contributed by atoms with van der Waals surface area (Å²) in [7, 11) is 3.68. The maximum absolute atomic E-state index is 12.3. The number of rotatable bonds is 3. The van der Waals surface area contributed by atoms with Gasteiger partial charge in [0, 0.05) is 42.4 Å². The number of nitrogens with zero attached hydrogens (tertiary/aromatic N) is 3. The van der Waals surface area contributed by atoms with Gasteiger partial charge < -0.3 is 4.90 Å². The minimum Gasteiger partial charge on any atom is -0.337 e. The Hall–Kier alpha value is -1.62. The van der Waals surface area contributed by atoms with Crippen molar-refractivity contribution in [1.29, 1.82) is 0 Å². The number of carbonyl (C=O) groups excluding carboxylic acids is 1. The molecule has 1 heterocycles. The second-order valence-corrected chi connectivity index (χ2v) is 5.50. The number of hydrogen-bond donors (Lipinski definition) is 0. The second-order valence-electron chi connectivity index (χ2n) is 4.58. The van der Waals surface area contributed by atoms with Crippen LogP contribution in [0.3, 0.4) is 0 Å². The summed E-state index contributed by atoms with van der Waals surface area (Å²) < 4.78 is 2.67. The molecule has 2 aromatic rings. The molecule has 19 heavy (non-hydrogen) atoms. The van der Waals surface area contributed by atoms with E-state index in [1.54, 1.807) is 16.6 Å². The average molecular weight is 322 g/mol. The number of hydrogen-bond acceptors (Lipinski definition) is 2. The molecule has 0 atom stereocenters. The molecule has 5 heteroatoms. The Kier molecular flexibility index (Phi) is 4.04. The highest BCUT2D eigenvalue weighted by Crippen LogP contribution is 2.15. The third-order valence-corrected chi connectivity index (χ3v) is 3.43.